The number of thiazole rings is 1. The Balaban J connectivity index is 1.58. The van der Waals surface area contributed by atoms with Crippen molar-refractivity contribution in [1.82, 2.24) is 9.88 Å². The maximum atomic E-state index is 13.4. The molecule has 4 nitrogen and oxygen atoms in total. The number of rotatable bonds is 8. The molecule has 2 aromatic carbocycles. The number of carbonyl (C=O) groups is 1. The van der Waals surface area contributed by atoms with Gasteiger partial charge in [0.15, 0.2) is 0 Å². The van der Waals surface area contributed by atoms with Crippen LogP contribution in [0.2, 0.25) is 0 Å². The first-order valence-electron chi connectivity index (χ1n) is 9.70. The molecule has 0 aliphatic carbocycles. The zero-order valence-corrected chi connectivity index (χ0v) is 17.9. The molecule has 0 aliphatic rings. The number of halogens is 1. The molecule has 3 rings (SSSR count). The highest BCUT2D eigenvalue weighted by molar-refractivity contribution is 7.09. The van der Waals surface area contributed by atoms with Gasteiger partial charge < -0.3 is 5.32 Å². The van der Waals surface area contributed by atoms with Crippen molar-refractivity contribution >= 4 is 22.9 Å². The van der Waals surface area contributed by atoms with Crippen molar-refractivity contribution < 1.29 is 9.18 Å². The fourth-order valence-corrected chi connectivity index (χ4v) is 3.89. The van der Waals surface area contributed by atoms with Crippen molar-refractivity contribution in [3.8, 4) is 0 Å². The number of hydrogen-bond donors (Lipinski definition) is 1. The minimum atomic E-state index is -0.218. The van der Waals surface area contributed by atoms with Crippen LogP contribution in [-0.2, 0) is 24.3 Å². The van der Waals surface area contributed by atoms with Crippen molar-refractivity contribution in [2.75, 3.05) is 11.9 Å². The lowest BCUT2D eigenvalue weighted by atomic mass is 10.1. The number of anilines is 1. The molecule has 0 unspecified atom stereocenters. The molecule has 3 aromatic rings. The zero-order valence-electron chi connectivity index (χ0n) is 17.0. The molecule has 0 bridgehead atoms. The van der Waals surface area contributed by atoms with Crippen LogP contribution in [-0.4, -0.2) is 22.3 Å². The van der Waals surface area contributed by atoms with Crippen LogP contribution in [0.15, 0.2) is 47.8 Å². The largest absolute Gasteiger partial charge is 0.325 e. The molecule has 152 valence electrons. The van der Waals surface area contributed by atoms with E-state index in [4.69, 9.17) is 0 Å². The number of aryl methyl sites for hydroxylation is 2. The highest BCUT2D eigenvalue weighted by atomic mass is 32.1. The van der Waals surface area contributed by atoms with Gasteiger partial charge in [0.05, 0.1) is 12.1 Å². The van der Waals surface area contributed by atoms with Crippen molar-refractivity contribution in [3.63, 3.8) is 0 Å². The van der Waals surface area contributed by atoms with Gasteiger partial charge in [-0.25, -0.2) is 9.37 Å². The summed E-state index contributed by atoms with van der Waals surface area (Å²) in [7, 11) is 0. The summed E-state index contributed by atoms with van der Waals surface area (Å²) >= 11 is 1.50. The summed E-state index contributed by atoms with van der Waals surface area (Å²) in [6.45, 7) is 8.22. The van der Waals surface area contributed by atoms with Crippen LogP contribution in [0.4, 0.5) is 10.1 Å². The second-order valence-corrected chi connectivity index (χ2v) is 8.15. The van der Waals surface area contributed by atoms with Gasteiger partial charge in [-0.15, -0.1) is 11.3 Å². The minimum absolute atomic E-state index is 0.0632. The lowest BCUT2D eigenvalue weighted by Gasteiger charge is -2.19. The van der Waals surface area contributed by atoms with Crippen molar-refractivity contribution in [2.45, 2.75) is 40.3 Å². The number of benzene rings is 2. The average molecular weight is 412 g/mol. The van der Waals surface area contributed by atoms with Crippen LogP contribution in [0.1, 0.15) is 34.3 Å². The molecule has 0 radical (unpaired) electrons. The molecule has 0 saturated heterocycles. The average Bonchev–Trinajstić information content (AvgIpc) is 3.11. The van der Waals surface area contributed by atoms with Gasteiger partial charge in [0.1, 0.15) is 10.8 Å². The first-order valence-corrected chi connectivity index (χ1v) is 10.6. The van der Waals surface area contributed by atoms with E-state index in [9.17, 15) is 9.18 Å². The summed E-state index contributed by atoms with van der Waals surface area (Å²) < 4.78 is 13.4. The molecular formula is C23H26FN3OS. The molecule has 0 saturated carbocycles. The highest BCUT2D eigenvalue weighted by Crippen LogP contribution is 2.18. The maximum Gasteiger partial charge on any atom is 0.231 e. The number of carbonyl (C=O) groups excluding carboxylic acids is 1. The summed E-state index contributed by atoms with van der Waals surface area (Å²) in [5.41, 5.74) is 4.87. The third-order valence-electron chi connectivity index (χ3n) is 4.71. The number of aromatic nitrogens is 1. The summed E-state index contributed by atoms with van der Waals surface area (Å²) in [6.07, 6.45) is 0.258. The Labute approximate surface area is 175 Å². The molecule has 1 aromatic heterocycles. The van der Waals surface area contributed by atoms with Crippen molar-refractivity contribution in [3.05, 3.63) is 81.1 Å². The van der Waals surface area contributed by atoms with Crippen LogP contribution >= 0.6 is 11.3 Å². The maximum absolute atomic E-state index is 13.4. The Bertz CT molecular complexity index is 986. The van der Waals surface area contributed by atoms with Crippen LogP contribution in [0.3, 0.4) is 0 Å². The van der Waals surface area contributed by atoms with E-state index in [1.807, 2.05) is 43.5 Å². The van der Waals surface area contributed by atoms with Crippen LogP contribution in [0.5, 0.6) is 0 Å². The topological polar surface area (TPSA) is 45.2 Å². The number of nitrogens with zero attached hydrogens (tertiary/aromatic N) is 2. The molecule has 1 heterocycles. The van der Waals surface area contributed by atoms with Gasteiger partial charge in [0.2, 0.25) is 5.91 Å². The predicted molar refractivity (Wildman–Crippen MR) is 117 cm³/mol. The number of amides is 1. The van der Waals surface area contributed by atoms with E-state index in [1.165, 1.54) is 17.4 Å². The van der Waals surface area contributed by atoms with E-state index >= 15 is 0 Å². The zero-order chi connectivity index (χ0) is 20.8. The monoisotopic (exact) mass is 411 g/mol. The summed E-state index contributed by atoms with van der Waals surface area (Å²) in [4.78, 5) is 19.2. The second-order valence-electron chi connectivity index (χ2n) is 7.21. The first-order chi connectivity index (χ1) is 13.9. The SMILES string of the molecule is CCN(Cc1cccc(F)c1)Cc1csc(CC(=O)Nc2cc(C)ccc2C)n1. The van der Waals surface area contributed by atoms with Crippen molar-refractivity contribution in [2.24, 2.45) is 0 Å². The molecule has 1 N–H and O–H groups in total. The standard InChI is InChI=1S/C23H26FN3OS/c1-4-27(13-18-6-5-7-19(24)11-18)14-20-15-29-23(25-20)12-22(28)26-21-10-16(2)8-9-17(21)3/h5-11,15H,4,12-14H2,1-3H3,(H,26,28). The third kappa shape index (κ3) is 6.21. The van der Waals surface area contributed by atoms with Gasteiger partial charge in [-0.3, -0.25) is 9.69 Å². The fourth-order valence-electron chi connectivity index (χ4n) is 3.11. The van der Waals surface area contributed by atoms with E-state index in [0.717, 1.165) is 39.6 Å². The van der Waals surface area contributed by atoms with E-state index in [1.54, 1.807) is 12.1 Å². The Morgan fingerprint density at radius 2 is 2.00 bits per heavy atom. The minimum Gasteiger partial charge on any atom is -0.325 e. The van der Waals surface area contributed by atoms with Gasteiger partial charge in [0.25, 0.3) is 0 Å². The second kappa shape index (κ2) is 9.76. The Hall–Kier alpha value is -2.57. The van der Waals surface area contributed by atoms with Crippen molar-refractivity contribution in [1.29, 1.82) is 0 Å². The quantitative estimate of drug-likeness (QED) is 0.561. The first kappa shape index (κ1) is 21.1. The lowest BCUT2D eigenvalue weighted by molar-refractivity contribution is -0.115. The molecule has 0 fully saturated rings. The molecule has 6 heteroatoms. The Kier molecular flexibility index (Phi) is 7.12. The Morgan fingerprint density at radius 3 is 2.76 bits per heavy atom. The molecule has 29 heavy (non-hydrogen) atoms. The molecule has 0 spiro atoms. The van der Waals surface area contributed by atoms with Gasteiger partial charge in [-0.1, -0.05) is 31.2 Å². The van der Waals surface area contributed by atoms with Gasteiger partial charge >= 0.3 is 0 Å². The summed E-state index contributed by atoms with van der Waals surface area (Å²) in [6, 6.07) is 12.7. The van der Waals surface area contributed by atoms with Gasteiger partial charge in [-0.05, 0) is 55.3 Å². The normalized spacial score (nSPS) is 11.1. The van der Waals surface area contributed by atoms with Gasteiger partial charge in [0, 0.05) is 24.2 Å². The molecule has 0 aliphatic heterocycles. The summed E-state index contributed by atoms with van der Waals surface area (Å²) in [5, 5.41) is 5.77. The fraction of sp³-hybridized carbons (Fsp3) is 0.304. The molecule has 0 atom stereocenters. The van der Waals surface area contributed by atoms with Crippen LogP contribution in [0.25, 0.3) is 0 Å². The number of nitrogens with one attached hydrogen (secondary N) is 1. The molecular weight excluding hydrogens is 385 g/mol. The van der Waals surface area contributed by atoms with E-state index in [-0.39, 0.29) is 18.1 Å². The van der Waals surface area contributed by atoms with Crippen LogP contribution in [0, 0.1) is 19.7 Å². The number of hydrogen-bond acceptors (Lipinski definition) is 4. The lowest BCUT2D eigenvalue weighted by Crippen LogP contribution is -2.22. The van der Waals surface area contributed by atoms with E-state index in [2.05, 4.69) is 22.1 Å². The Morgan fingerprint density at radius 1 is 1.17 bits per heavy atom. The predicted octanol–water partition coefficient (Wildman–Crippen LogP) is 5.10. The smallest absolute Gasteiger partial charge is 0.231 e. The van der Waals surface area contributed by atoms with E-state index in [0.29, 0.717) is 13.1 Å². The van der Waals surface area contributed by atoms with Crippen LogP contribution < -0.4 is 5.32 Å². The third-order valence-corrected chi connectivity index (χ3v) is 5.60. The highest BCUT2D eigenvalue weighted by Gasteiger charge is 2.12. The van der Waals surface area contributed by atoms with Gasteiger partial charge in [-0.2, -0.15) is 0 Å². The molecule has 1 amide bonds. The van der Waals surface area contributed by atoms with E-state index < -0.39 is 0 Å². The summed E-state index contributed by atoms with van der Waals surface area (Å²) in [5.74, 6) is -0.281.